The second-order valence-corrected chi connectivity index (χ2v) is 4.56. The van der Waals surface area contributed by atoms with Crippen LogP contribution >= 0.6 is 0 Å². The summed E-state index contributed by atoms with van der Waals surface area (Å²) in [6.07, 6.45) is 4.76. The molecule has 0 aliphatic carbocycles. The maximum absolute atomic E-state index is 12.2. The summed E-state index contributed by atoms with van der Waals surface area (Å²) in [4.78, 5) is 23.7. The summed E-state index contributed by atoms with van der Waals surface area (Å²) in [6, 6.07) is 6.47. The monoisotopic (exact) mass is 315 g/mol. The fourth-order valence-electron chi connectivity index (χ4n) is 1.62. The van der Waals surface area contributed by atoms with E-state index in [1.807, 2.05) is 0 Å². The summed E-state index contributed by atoms with van der Waals surface area (Å²) in [5.74, 6) is -0.0165. The van der Waals surface area contributed by atoms with Gasteiger partial charge in [-0.25, -0.2) is 4.79 Å². The Morgan fingerprint density at radius 1 is 1.22 bits per heavy atom. The zero-order chi connectivity index (χ0) is 17.2. The zero-order valence-electron chi connectivity index (χ0n) is 13.6. The molecule has 0 heterocycles. The normalized spacial score (nSPS) is 11.6. The molecule has 0 aliphatic heterocycles. The van der Waals surface area contributed by atoms with Gasteiger partial charge < -0.3 is 14.8 Å². The van der Waals surface area contributed by atoms with Gasteiger partial charge in [-0.15, -0.1) is 0 Å². The average molecular weight is 315 g/mol. The quantitative estimate of drug-likeness (QED) is 0.362. The van der Waals surface area contributed by atoms with Crippen molar-refractivity contribution in [1.82, 2.24) is 0 Å². The van der Waals surface area contributed by atoms with Gasteiger partial charge in [0.25, 0.3) is 5.91 Å². The summed E-state index contributed by atoms with van der Waals surface area (Å²) < 4.78 is 9.91. The lowest BCUT2D eigenvalue weighted by Gasteiger charge is -2.07. The van der Waals surface area contributed by atoms with Gasteiger partial charge in [-0.2, -0.15) is 0 Å². The molecule has 0 spiro atoms. The third-order valence-corrected chi connectivity index (χ3v) is 2.96. The van der Waals surface area contributed by atoms with Crippen molar-refractivity contribution in [3.05, 3.63) is 66.0 Å². The van der Waals surface area contributed by atoms with Gasteiger partial charge in [0.15, 0.2) is 0 Å². The topological polar surface area (TPSA) is 64.6 Å². The highest BCUT2D eigenvalue weighted by Gasteiger charge is 2.08. The molecule has 0 radical (unpaired) electrons. The maximum Gasteiger partial charge on any atom is 0.338 e. The standard InChI is InChI=1S/C18H21NO4/c1-5-14(8-7-13(3)22-4)17(20)19-16-11-9-15(10-12-16)18(21)23-6-2/h5,7-12H,1,6H2,2-4H3,(H,19,20)/b13-7+,14-8+. The van der Waals surface area contributed by atoms with E-state index in [4.69, 9.17) is 9.47 Å². The molecule has 1 N–H and O–H groups in total. The number of hydrogen-bond acceptors (Lipinski definition) is 4. The van der Waals surface area contributed by atoms with Crippen LogP contribution in [0.2, 0.25) is 0 Å². The summed E-state index contributed by atoms with van der Waals surface area (Å²) in [7, 11) is 1.55. The Balaban J connectivity index is 2.80. The molecular weight excluding hydrogens is 294 g/mol. The zero-order valence-corrected chi connectivity index (χ0v) is 13.6. The lowest BCUT2D eigenvalue weighted by Crippen LogP contribution is -2.13. The molecular formula is C18H21NO4. The molecule has 0 fully saturated rings. The first-order valence-electron chi connectivity index (χ1n) is 7.15. The van der Waals surface area contributed by atoms with Crippen LogP contribution in [0.25, 0.3) is 0 Å². The molecule has 0 bridgehead atoms. The van der Waals surface area contributed by atoms with Crippen molar-refractivity contribution in [3.8, 4) is 0 Å². The van der Waals surface area contributed by atoms with E-state index < -0.39 is 5.97 Å². The Morgan fingerprint density at radius 3 is 2.39 bits per heavy atom. The number of anilines is 1. The number of rotatable bonds is 7. The van der Waals surface area contributed by atoms with E-state index in [-0.39, 0.29) is 5.91 Å². The third-order valence-electron chi connectivity index (χ3n) is 2.96. The van der Waals surface area contributed by atoms with Crippen LogP contribution in [0, 0.1) is 0 Å². The number of benzene rings is 1. The van der Waals surface area contributed by atoms with E-state index in [0.717, 1.165) is 0 Å². The first-order valence-corrected chi connectivity index (χ1v) is 7.15. The van der Waals surface area contributed by atoms with Crippen molar-refractivity contribution in [1.29, 1.82) is 0 Å². The van der Waals surface area contributed by atoms with Gasteiger partial charge in [-0.3, -0.25) is 4.79 Å². The SMILES string of the molecule is C=C/C(=C\C=C(/C)OC)C(=O)Nc1ccc(C(=O)OCC)cc1. The molecule has 0 unspecified atom stereocenters. The Hall–Kier alpha value is -2.82. The van der Waals surface area contributed by atoms with Crippen LogP contribution in [0.1, 0.15) is 24.2 Å². The van der Waals surface area contributed by atoms with Crippen LogP contribution in [0.5, 0.6) is 0 Å². The highest BCUT2D eigenvalue weighted by atomic mass is 16.5. The first-order chi connectivity index (χ1) is 11.0. The summed E-state index contributed by atoms with van der Waals surface area (Å²) in [5.41, 5.74) is 1.40. The Kier molecular flexibility index (Phi) is 7.33. The lowest BCUT2D eigenvalue weighted by atomic mass is 10.2. The predicted octanol–water partition coefficient (Wildman–Crippen LogP) is 3.46. The molecule has 5 nitrogen and oxygen atoms in total. The first kappa shape index (κ1) is 18.2. The molecule has 1 amide bonds. The van der Waals surface area contributed by atoms with Crippen molar-refractivity contribution in [2.45, 2.75) is 13.8 Å². The number of hydrogen-bond donors (Lipinski definition) is 1. The number of methoxy groups -OCH3 is 1. The van der Waals surface area contributed by atoms with Crippen molar-refractivity contribution < 1.29 is 19.1 Å². The van der Waals surface area contributed by atoms with Crippen molar-refractivity contribution in [2.75, 3.05) is 19.0 Å². The number of nitrogens with one attached hydrogen (secondary N) is 1. The molecule has 0 aromatic heterocycles. The molecule has 23 heavy (non-hydrogen) atoms. The van der Waals surface area contributed by atoms with E-state index in [1.165, 1.54) is 6.08 Å². The fraction of sp³-hybridized carbons (Fsp3) is 0.222. The summed E-state index contributed by atoms with van der Waals surface area (Å²) in [6.45, 7) is 7.47. The molecule has 0 aliphatic rings. The predicted molar refractivity (Wildman–Crippen MR) is 90.1 cm³/mol. The van der Waals surface area contributed by atoms with Crippen LogP contribution in [0.3, 0.4) is 0 Å². The van der Waals surface area contributed by atoms with Crippen molar-refractivity contribution in [2.24, 2.45) is 0 Å². The Labute approximate surface area is 136 Å². The maximum atomic E-state index is 12.2. The molecule has 0 atom stereocenters. The molecule has 122 valence electrons. The number of carbonyl (C=O) groups is 2. The number of carbonyl (C=O) groups excluding carboxylic acids is 2. The van der Waals surface area contributed by atoms with Crippen LogP contribution in [-0.2, 0) is 14.3 Å². The number of esters is 1. The van der Waals surface area contributed by atoms with Crippen LogP contribution in [0.4, 0.5) is 5.69 Å². The molecule has 5 heteroatoms. The second-order valence-electron chi connectivity index (χ2n) is 4.56. The van der Waals surface area contributed by atoms with Crippen LogP contribution in [0.15, 0.2) is 60.4 Å². The van der Waals surface area contributed by atoms with Gasteiger partial charge in [0, 0.05) is 11.3 Å². The van der Waals surface area contributed by atoms with E-state index in [1.54, 1.807) is 57.4 Å². The molecule has 0 saturated carbocycles. The highest BCUT2D eigenvalue weighted by molar-refractivity contribution is 6.06. The number of ether oxygens (including phenoxy) is 2. The van der Waals surface area contributed by atoms with Gasteiger partial charge in [-0.1, -0.05) is 12.7 Å². The minimum absolute atomic E-state index is 0.302. The molecule has 0 saturated heterocycles. The van der Waals surface area contributed by atoms with E-state index in [9.17, 15) is 9.59 Å². The Morgan fingerprint density at radius 2 is 1.87 bits per heavy atom. The third kappa shape index (κ3) is 5.82. The summed E-state index contributed by atoms with van der Waals surface area (Å²) >= 11 is 0. The smallest absolute Gasteiger partial charge is 0.338 e. The van der Waals surface area contributed by atoms with Crippen molar-refractivity contribution in [3.63, 3.8) is 0 Å². The molecule has 1 rings (SSSR count). The largest absolute Gasteiger partial charge is 0.501 e. The van der Waals surface area contributed by atoms with Crippen molar-refractivity contribution >= 4 is 17.6 Å². The van der Waals surface area contributed by atoms with E-state index >= 15 is 0 Å². The Bertz CT molecular complexity index is 627. The fourth-order valence-corrected chi connectivity index (χ4v) is 1.62. The minimum atomic E-state index is -0.391. The average Bonchev–Trinajstić information content (AvgIpc) is 2.56. The van der Waals surface area contributed by atoms with Gasteiger partial charge in [0.05, 0.1) is 25.0 Å². The van der Waals surface area contributed by atoms with Crippen LogP contribution < -0.4 is 5.32 Å². The van der Waals surface area contributed by atoms with Gasteiger partial charge in [-0.05, 0) is 50.3 Å². The lowest BCUT2D eigenvalue weighted by molar-refractivity contribution is -0.112. The number of allylic oxidation sites excluding steroid dienone is 3. The highest BCUT2D eigenvalue weighted by Crippen LogP contribution is 2.12. The van der Waals surface area contributed by atoms with Gasteiger partial charge >= 0.3 is 5.97 Å². The summed E-state index contributed by atoms with van der Waals surface area (Å²) in [5, 5.41) is 2.73. The molecule has 1 aromatic carbocycles. The molecule has 1 aromatic rings. The van der Waals surface area contributed by atoms with Gasteiger partial charge in [0.2, 0.25) is 0 Å². The van der Waals surface area contributed by atoms with Gasteiger partial charge in [0.1, 0.15) is 0 Å². The number of amides is 1. The second kappa shape index (κ2) is 9.25. The minimum Gasteiger partial charge on any atom is -0.501 e. The van der Waals surface area contributed by atoms with E-state index in [2.05, 4.69) is 11.9 Å². The van der Waals surface area contributed by atoms with E-state index in [0.29, 0.717) is 29.2 Å². The van der Waals surface area contributed by atoms with Crippen LogP contribution in [-0.4, -0.2) is 25.6 Å².